The third-order valence-corrected chi connectivity index (χ3v) is 4.89. The summed E-state index contributed by atoms with van der Waals surface area (Å²) < 4.78 is 5.88. The van der Waals surface area contributed by atoms with E-state index in [1.807, 2.05) is 56.3 Å². The number of nitrogens with one attached hydrogen (secondary N) is 1. The Balaban J connectivity index is 1.80. The molecule has 0 bridgehead atoms. The number of hydrogen-bond donors (Lipinski definition) is 1. The summed E-state index contributed by atoms with van der Waals surface area (Å²) in [5, 5.41) is 3.72. The summed E-state index contributed by atoms with van der Waals surface area (Å²) in [5.74, 6) is 0.340. The normalized spacial score (nSPS) is 17.1. The van der Waals surface area contributed by atoms with Crippen molar-refractivity contribution < 1.29 is 14.3 Å². The predicted octanol–water partition coefficient (Wildman–Crippen LogP) is 3.97. The third-order valence-electron chi connectivity index (χ3n) is 4.64. The second kappa shape index (κ2) is 8.01. The van der Waals surface area contributed by atoms with Crippen LogP contribution in [0.2, 0.25) is 5.02 Å². The van der Waals surface area contributed by atoms with Crippen molar-refractivity contribution >= 4 is 29.1 Å². The van der Waals surface area contributed by atoms with E-state index in [0.29, 0.717) is 16.5 Å². The van der Waals surface area contributed by atoms with Crippen molar-refractivity contribution in [1.29, 1.82) is 0 Å². The minimum atomic E-state index is -0.766. The molecular formula is C21H23ClN2O3. The van der Waals surface area contributed by atoms with Crippen LogP contribution in [0.25, 0.3) is 0 Å². The highest BCUT2D eigenvalue weighted by Crippen LogP contribution is 2.33. The summed E-state index contributed by atoms with van der Waals surface area (Å²) in [6, 6.07) is 14.5. The van der Waals surface area contributed by atoms with Crippen molar-refractivity contribution in [3.63, 3.8) is 0 Å². The first kappa shape index (κ1) is 19.2. The zero-order valence-electron chi connectivity index (χ0n) is 15.6. The lowest BCUT2D eigenvalue weighted by molar-refractivity contribution is -0.129. The van der Waals surface area contributed by atoms with Gasteiger partial charge in [-0.15, -0.1) is 0 Å². The van der Waals surface area contributed by atoms with Gasteiger partial charge in [-0.25, -0.2) is 0 Å². The van der Waals surface area contributed by atoms with Gasteiger partial charge in [-0.2, -0.15) is 0 Å². The Morgan fingerprint density at radius 1 is 1.15 bits per heavy atom. The molecule has 3 rings (SSSR count). The lowest BCUT2D eigenvalue weighted by Gasteiger charge is -2.34. The van der Waals surface area contributed by atoms with Crippen LogP contribution in [0.15, 0.2) is 48.5 Å². The number of ether oxygens (including phenoxy) is 1. The molecular weight excluding hydrogens is 364 g/mol. The first-order valence-corrected chi connectivity index (χ1v) is 9.34. The summed E-state index contributed by atoms with van der Waals surface area (Å²) in [4.78, 5) is 26.5. The van der Waals surface area contributed by atoms with Gasteiger partial charge in [0.1, 0.15) is 5.75 Å². The maximum Gasteiger partial charge on any atom is 0.263 e. The molecule has 2 aromatic carbocycles. The Hall–Kier alpha value is -2.53. The second-order valence-electron chi connectivity index (χ2n) is 6.99. The van der Waals surface area contributed by atoms with E-state index < -0.39 is 6.10 Å². The Labute approximate surface area is 164 Å². The fourth-order valence-corrected chi connectivity index (χ4v) is 3.35. The molecule has 2 amide bonds. The number of fused-ring (bicyclic) bond motifs is 1. The van der Waals surface area contributed by atoms with Gasteiger partial charge < -0.3 is 15.0 Å². The molecule has 0 spiro atoms. The summed E-state index contributed by atoms with van der Waals surface area (Å²) in [6.07, 6.45) is -0.766. The van der Waals surface area contributed by atoms with Gasteiger partial charge in [0.25, 0.3) is 5.91 Å². The maximum atomic E-state index is 12.9. The fourth-order valence-electron chi connectivity index (χ4n) is 3.22. The molecule has 1 aliphatic heterocycles. The average Bonchev–Trinajstić information content (AvgIpc) is 2.65. The molecule has 0 saturated heterocycles. The van der Waals surface area contributed by atoms with Crippen LogP contribution < -0.4 is 15.0 Å². The van der Waals surface area contributed by atoms with Gasteiger partial charge in [0, 0.05) is 11.9 Å². The third kappa shape index (κ3) is 4.25. The van der Waals surface area contributed by atoms with Gasteiger partial charge in [-0.1, -0.05) is 49.7 Å². The minimum Gasteiger partial charge on any atom is -0.477 e. The number of rotatable bonds is 4. The van der Waals surface area contributed by atoms with Crippen LogP contribution in [0.3, 0.4) is 0 Å². The molecule has 0 saturated carbocycles. The van der Waals surface area contributed by atoms with Crippen molar-refractivity contribution in [2.24, 2.45) is 5.92 Å². The van der Waals surface area contributed by atoms with E-state index in [0.717, 1.165) is 5.56 Å². The van der Waals surface area contributed by atoms with E-state index in [4.69, 9.17) is 16.3 Å². The highest BCUT2D eigenvalue weighted by molar-refractivity contribution is 6.30. The molecule has 1 heterocycles. The van der Waals surface area contributed by atoms with Crippen molar-refractivity contribution in [2.75, 3.05) is 11.4 Å². The van der Waals surface area contributed by atoms with E-state index in [-0.39, 0.29) is 30.3 Å². The topological polar surface area (TPSA) is 58.6 Å². The highest BCUT2D eigenvalue weighted by atomic mass is 35.5. The molecule has 27 heavy (non-hydrogen) atoms. The van der Waals surface area contributed by atoms with Crippen molar-refractivity contribution in [3.05, 3.63) is 59.1 Å². The van der Waals surface area contributed by atoms with Gasteiger partial charge in [0.15, 0.2) is 6.10 Å². The standard InChI is InChI=1S/C21H23ClN2O3/c1-13(2)20(15-8-10-16(22)11-9-15)23-21(26)19-12-24(14(3)25)17-6-4-5-7-18(17)27-19/h4-11,13,19-20H,12H2,1-3H3,(H,23,26)/t19-,20+/m1/s1. The van der Waals surface area contributed by atoms with E-state index in [1.165, 1.54) is 6.92 Å². The van der Waals surface area contributed by atoms with Crippen LogP contribution in [0.1, 0.15) is 32.4 Å². The van der Waals surface area contributed by atoms with Crippen molar-refractivity contribution in [1.82, 2.24) is 5.32 Å². The van der Waals surface area contributed by atoms with Crippen LogP contribution in [0.4, 0.5) is 5.69 Å². The number of carbonyl (C=O) groups is 2. The molecule has 2 atom stereocenters. The number of amides is 2. The summed E-state index contributed by atoms with van der Waals surface area (Å²) in [5.41, 5.74) is 1.66. The lowest BCUT2D eigenvalue weighted by Crippen LogP contribution is -2.51. The molecule has 0 radical (unpaired) electrons. The Bertz CT molecular complexity index is 836. The van der Waals surface area contributed by atoms with Crippen LogP contribution in [-0.4, -0.2) is 24.5 Å². The van der Waals surface area contributed by atoms with Gasteiger partial charge in [0.05, 0.1) is 18.3 Å². The minimum absolute atomic E-state index is 0.123. The van der Waals surface area contributed by atoms with Crippen molar-refractivity contribution in [2.45, 2.75) is 32.9 Å². The first-order valence-electron chi connectivity index (χ1n) is 8.96. The smallest absolute Gasteiger partial charge is 0.263 e. The molecule has 0 unspecified atom stereocenters. The Morgan fingerprint density at radius 3 is 2.44 bits per heavy atom. The number of carbonyl (C=O) groups excluding carboxylic acids is 2. The van der Waals surface area contributed by atoms with Crippen LogP contribution in [-0.2, 0) is 9.59 Å². The number of halogens is 1. The molecule has 0 aromatic heterocycles. The molecule has 6 heteroatoms. The quantitative estimate of drug-likeness (QED) is 0.865. The van der Waals surface area contributed by atoms with Crippen LogP contribution >= 0.6 is 11.6 Å². The van der Waals surface area contributed by atoms with Gasteiger partial charge in [-0.3, -0.25) is 9.59 Å². The molecule has 2 aromatic rings. The predicted molar refractivity (Wildman–Crippen MR) is 106 cm³/mol. The van der Waals surface area contributed by atoms with Crippen molar-refractivity contribution in [3.8, 4) is 5.75 Å². The zero-order chi connectivity index (χ0) is 19.6. The largest absolute Gasteiger partial charge is 0.477 e. The van der Waals surface area contributed by atoms with E-state index >= 15 is 0 Å². The average molecular weight is 387 g/mol. The molecule has 1 aliphatic rings. The monoisotopic (exact) mass is 386 g/mol. The number of anilines is 1. The number of nitrogens with zero attached hydrogens (tertiary/aromatic N) is 1. The zero-order valence-corrected chi connectivity index (χ0v) is 16.4. The molecule has 1 N–H and O–H groups in total. The maximum absolute atomic E-state index is 12.9. The van der Waals surface area contributed by atoms with Crippen LogP contribution in [0.5, 0.6) is 5.75 Å². The summed E-state index contributed by atoms with van der Waals surface area (Å²) in [6.45, 7) is 5.75. The SMILES string of the molecule is CC(=O)N1C[C@H](C(=O)N[C@H](c2ccc(Cl)cc2)C(C)C)Oc2ccccc21. The number of para-hydroxylation sites is 2. The Kier molecular flexibility index (Phi) is 5.71. The van der Waals surface area contributed by atoms with Gasteiger partial charge >= 0.3 is 0 Å². The molecule has 5 nitrogen and oxygen atoms in total. The van der Waals surface area contributed by atoms with Crippen LogP contribution in [0, 0.1) is 5.92 Å². The Morgan fingerprint density at radius 2 is 1.81 bits per heavy atom. The first-order chi connectivity index (χ1) is 12.9. The summed E-state index contributed by atoms with van der Waals surface area (Å²) >= 11 is 5.97. The van der Waals surface area contributed by atoms with E-state index in [1.54, 1.807) is 11.0 Å². The second-order valence-corrected chi connectivity index (χ2v) is 7.42. The van der Waals surface area contributed by atoms with E-state index in [2.05, 4.69) is 5.32 Å². The van der Waals surface area contributed by atoms with E-state index in [9.17, 15) is 9.59 Å². The highest BCUT2D eigenvalue weighted by Gasteiger charge is 2.33. The van der Waals surface area contributed by atoms with Gasteiger partial charge in [0.2, 0.25) is 5.91 Å². The number of benzene rings is 2. The number of hydrogen-bond acceptors (Lipinski definition) is 3. The molecule has 0 fully saturated rings. The van der Waals surface area contributed by atoms with Gasteiger partial charge in [-0.05, 0) is 35.7 Å². The lowest BCUT2D eigenvalue weighted by atomic mass is 9.95. The summed E-state index contributed by atoms with van der Waals surface area (Å²) in [7, 11) is 0. The fraction of sp³-hybridized carbons (Fsp3) is 0.333. The molecule has 142 valence electrons. The molecule has 0 aliphatic carbocycles.